The molecule has 0 unspecified atom stereocenters. The fourth-order valence-corrected chi connectivity index (χ4v) is 13.9. The second-order valence-electron chi connectivity index (χ2n) is 31.3. The zero-order chi connectivity index (χ0) is 102. The number of hydrogen-bond acceptors (Lipinski definition) is 29. The molecule has 0 saturated carbocycles. The molecule has 35 heteroatoms. The monoisotopic (exact) mass is 1900 g/mol. The minimum atomic E-state index is -1.39. The summed E-state index contributed by atoms with van der Waals surface area (Å²) in [4.78, 5) is 143. The number of nitrogens with one attached hydrogen (secondary N) is 1. The van der Waals surface area contributed by atoms with Crippen LogP contribution in [0.5, 0.6) is 0 Å². The van der Waals surface area contributed by atoms with E-state index in [0.29, 0.717) is 50.1 Å². The van der Waals surface area contributed by atoms with Gasteiger partial charge in [-0.2, -0.15) is 0 Å². The van der Waals surface area contributed by atoms with Crippen LogP contribution in [-0.2, 0) is 32.0 Å². The van der Waals surface area contributed by atoms with Crippen molar-refractivity contribution in [2.24, 2.45) is 5.73 Å². The summed E-state index contributed by atoms with van der Waals surface area (Å²) in [5, 5.41) is 50.4. The number of pyridine rings is 6. The van der Waals surface area contributed by atoms with Gasteiger partial charge in [-0.1, -0.05) is 78.3 Å². The SMILES string of the molecule is COC(=O)c1ccc(-c2ccnc(C)c2)c(N(C)C)c1.COC(=O)c1ccc(-c2ccnc(C)c2)c(N)c1.COC(=O)c1ccc(-c2ccnc(C)c2)c([N+](=O)[O-])c1.COC(=O)c1ccc(Cl)c([N+](=O)[O-])c1.Cc1cc(-c2ccc(CC(=O)c3ccccc3C(N)=O)cc2N(C)C)ccn1.Cc1cc(-c2ccc(CO)cc2N(C)C)ccn1.Cc1cc(B(O)O)ccn1.O=C1NC(=O)c2ccccc21. The third-order valence-corrected chi connectivity index (χ3v) is 20.9. The van der Waals surface area contributed by atoms with Crippen LogP contribution >= 0.6 is 11.6 Å². The van der Waals surface area contributed by atoms with Gasteiger partial charge >= 0.3 is 31.0 Å². The number of fused-ring (bicyclic) bond motifs is 1. The van der Waals surface area contributed by atoms with E-state index in [1.54, 1.807) is 142 Å². The van der Waals surface area contributed by atoms with Gasteiger partial charge in [0.15, 0.2) is 5.78 Å². The number of ether oxygens (including phenoxy) is 4. The fourth-order valence-electron chi connectivity index (χ4n) is 13.8. The quantitative estimate of drug-likeness (QED) is 0.00603. The molecule has 0 aliphatic carbocycles. The van der Waals surface area contributed by atoms with Crippen molar-refractivity contribution in [2.75, 3.05) is 91.2 Å². The second kappa shape index (κ2) is 51.5. The van der Waals surface area contributed by atoms with Crippen molar-refractivity contribution >= 4 is 106 Å². The number of aliphatic hydroxyl groups is 1. The van der Waals surface area contributed by atoms with E-state index in [9.17, 15) is 63.7 Å². The zero-order valence-corrected chi connectivity index (χ0v) is 80.0. The van der Waals surface area contributed by atoms with E-state index in [1.807, 2.05) is 177 Å². The van der Waals surface area contributed by atoms with Gasteiger partial charge in [-0.25, -0.2) is 19.2 Å². The van der Waals surface area contributed by atoms with Gasteiger partial charge < -0.3 is 60.3 Å². The molecule has 6 aromatic heterocycles. The first kappa shape index (κ1) is 107. The van der Waals surface area contributed by atoms with E-state index in [4.69, 9.17) is 37.9 Å². The van der Waals surface area contributed by atoms with Crippen molar-refractivity contribution in [1.29, 1.82) is 0 Å². The molecule has 0 saturated heterocycles. The summed E-state index contributed by atoms with van der Waals surface area (Å²) >= 11 is 5.55. The number of nitro groups is 2. The Hall–Kier alpha value is -16.9. The second-order valence-corrected chi connectivity index (χ2v) is 31.7. The summed E-state index contributed by atoms with van der Waals surface area (Å²) in [5.74, 6) is -3.29. The van der Waals surface area contributed by atoms with Crippen molar-refractivity contribution in [3.8, 4) is 55.6 Å². The largest absolute Gasteiger partial charge is 0.488 e. The van der Waals surface area contributed by atoms with E-state index in [1.165, 1.54) is 52.7 Å². The van der Waals surface area contributed by atoms with Gasteiger partial charge in [0.25, 0.3) is 23.2 Å². The van der Waals surface area contributed by atoms with Gasteiger partial charge in [-0.3, -0.25) is 74.6 Å². The number of carbonyl (C=O) groups excluding carboxylic acids is 8. The molecule has 33 nitrogen and oxygen atoms in total. The van der Waals surface area contributed by atoms with Crippen LogP contribution in [0.2, 0.25) is 5.02 Å². The number of halogens is 1. The Morgan fingerprint density at radius 2 is 0.719 bits per heavy atom. The number of aromatic nitrogens is 6. The van der Waals surface area contributed by atoms with E-state index in [2.05, 4.69) is 66.5 Å². The molecule has 8 aromatic carbocycles. The van der Waals surface area contributed by atoms with Crippen LogP contribution in [0.3, 0.4) is 0 Å². The lowest BCUT2D eigenvalue weighted by atomic mass is 9.81. The molecule has 3 amide bonds. The number of aliphatic hydroxyl groups excluding tert-OH is 1. The lowest BCUT2D eigenvalue weighted by Gasteiger charge is -2.19. The van der Waals surface area contributed by atoms with E-state index < -0.39 is 34.8 Å². The molecule has 0 spiro atoms. The van der Waals surface area contributed by atoms with Gasteiger partial charge in [0, 0.05) is 188 Å². The molecule has 0 atom stereocenters. The number of primary amides is 1. The summed E-state index contributed by atoms with van der Waals surface area (Å²) < 4.78 is 18.4. The summed E-state index contributed by atoms with van der Waals surface area (Å²) in [6.45, 7) is 11.5. The van der Waals surface area contributed by atoms with Gasteiger partial charge in [0.2, 0.25) is 5.91 Å². The summed E-state index contributed by atoms with van der Waals surface area (Å²) in [6, 6.07) is 66.6. The lowest BCUT2D eigenvalue weighted by molar-refractivity contribution is -0.384. The van der Waals surface area contributed by atoms with Crippen LogP contribution in [0.25, 0.3) is 55.6 Å². The normalized spacial score (nSPS) is 10.5. The highest BCUT2D eigenvalue weighted by atomic mass is 35.5. The van der Waals surface area contributed by atoms with Gasteiger partial charge in [0.05, 0.1) is 83.8 Å². The molecule has 7 heterocycles. The van der Waals surface area contributed by atoms with Crippen LogP contribution < -0.4 is 36.9 Å². The number of anilines is 4. The lowest BCUT2D eigenvalue weighted by Crippen LogP contribution is -2.29. The fraction of sp³-hybridized carbons (Fsp3) is 0.173. The standard InChI is InChI=1S/C23H23N3O2.C16H18N2O2.C15H18N2O.C14H12N2O4.C14H14N2O2.C8H6ClNO4.C8H5NO2.C6H8BNO2/c1-15-12-17(10-11-25-15)18-9-8-16(13-21(18)26(2)3)14-22(27)19-6-4-5-7-20(19)23(24)28;1-11-9-12(7-8-17-11)14-6-5-13(16(19)20-4)10-15(14)18(2)3;1-11-8-13(6-7-16-11)14-5-4-12(10-18)9-15(14)17(2)3;1-9-7-10(5-6-15-9)12-4-3-11(14(17)20-2)8-13(12)16(18)19;1-9-7-10(5-6-16-9)12-4-3-11(8-13(12)15)14(17)18-2;1-14-8(11)5-2-3-6(9)7(4-5)10(12)13;10-7-5-3-1-2-4-6(5)8(11)9-7;1-5-4-6(7(9)10)2-3-8-5/h4-13H,14H2,1-3H3,(H2,24,28);5-10H,1-4H3;4-9,18H,10H2,1-3H3;3-8H,1-2H3;3-8H,15H2,1-2H3;2-4H,1H3;1-4H,(H,9,10,11);2-4,9-10H,1H3. The highest BCUT2D eigenvalue weighted by molar-refractivity contribution is 6.58. The average molecular weight is 1900 g/mol. The number of amides is 3. The zero-order valence-electron chi connectivity index (χ0n) is 79.2. The molecule has 1 aliphatic rings. The highest BCUT2D eigenvalue weighted by Crippen LogP contribution is 2.37. The summed E-state index contributed by atoms with van der Waals surface area (Å²) in [7, 11) is 15.6. The smallest absolute Gasteiger partial charge is 0.465 e. The molecule has 139 heavy (non-hydrogen) atoms. The molecule has 0 fully saturated rings. The molecule has 8 N–H and O–H groups in total. The van der Waals surface area contributed by atoms with Crippen molar-refractivity contribution in [3.63, 3.8) is 0 Å². The number of carbonyl (C=O) groups is 8. The Balaban J connectivity index is 0.000000198. The first-order valence-corrected chi connectivity index (χ1v) is 42.9. The number of ketones is 1. The van der Waals surface area contributed by atoms with Crippen LogP contribution in [0.1, 0.15) is 128 Å². The Morgan fingerprint density at radius 3 is 1.09 bits per heavy atom. The minimum absolute atomic E-state index is 0.0114. The van der Waals surface area contributed by atoms with Crippen LogP contribution in [0.4, 0.5) is 34.1 Å². The number of nitrogens with zero attached hydrogens (tertiary/aromatic N) is 11. The number of esters is 4. The summed E-state index contributed by atoms with van der Waals surface area (Å²) in [6.07, 6.45) is 10.5. The topological polar surface area (TPSA) is 472 Å². The molecule has 1 aliphatic heterocycles. The Kier molecular flexibility index (Phi) is 39.8. The molecular formula is C104H104BClN14O19. The maximum atomic E-state index is 12.8. The maximum absolute atomic E-state index is 12.8. The molecule has 714 valence electrons. The number of benzene rings is 8. The number of imide groups is 1. The number of rotatable bonds is 20. The first-order valence-electron chi connectivity index (χ1n) is 42.5. The van der Waals surface area contributed by atoms with E-state index >= 15 is 0 Å². The highest BCUT2D eigenvalue weighted by Gasteiger charge is 2.27. The Bertz CT molecular complexity index is 6790. The van der Waals surface area contributed by atoms with Crippen molar-refractivity contribution < 1.29 is 82.3 Å². The van der Waals surface area contributed by atoms with E-state index in [0.717, 1.165) is 113 Å². The van der Waals surface area contributed by atoms with Crippen molar-refractivity contribution in [2.45, 2.75) is 54.6 Å². The Morgan fingerprint density at radius 1 is 0.396 bits per heavy atom. The molecule has 15 rings (SSSR count). The number of hydrogen-bond donors (Lipinski definition) is 6. The van der Waals surface area contributed by atoms with Gasteiger partial charge in [-0.15, -0.1) is 0 Å². The number of nitro benzene ring substituents is 2. The number of nitrogen functional groups attached to an aromatic ring is 1. The first-order chi connectivity index (χ1) is 66.2. The van der Waals surface area contributed by atoms with Crippen molar-refractivity contribution in [1.82, 2.24) is 35.2 Å². The van der Waals surface area contributed by atoms with Crippen molar-refractivity contribution in [3.05, 3.63) is 383 Å². The third kappa shape index (κ3) is 30.5. The molecule has 0 bridgehead atoms. The van der Waals surface area contributed by atoms with E-state index in [-0.39, 0.29) is 75.7 Å². The van der Waals surface area contributed by atoms with Crippen LogP contribution in [0, 0.1) is 61.8 Å². The van der Waals surface area contributed by atoms with Gasteiger partial charge in [-0.05, 0) is 238 Å². The van der Waals surface area contributed by atoms with Crippen LogP contribution in [0.15, 0.2) is 268 Å². The van der Waals surface area contributed by atoms with Crippen LogP contribution in [-0.4, -0.2) is 180 Å². The predicted molar refractivity (Wildman–Crippen MR) is 536 cm³/mol. The maximum Gasteiger partial charge on any atom is 0.488 e. The number of aryl methyl sites for hydroxylation is 6. The number of Topliss-reactive ketones (excluding diaryl/α,β-unsaturated/α-hetero) is 1. The predicted octanol–water partition coefficient (Wildman–Crippen LogP) is 16.0. The Labute approximate surface area is 808 Å². The molecule has 14 aromatic rings. The number of methoxy groups -OCH3 is 4. The summed E-state index contributed by atoms with van der Waals surface area (Å²) in [5.41, 5.74) is 34.6. The average Bonchev–Trinajstić information content (AvgIpc) is 1.71. The molecule has 0 radical (unpaired) electrons. The minimum Gasteiger partial charge on any atom is -0.465 e. The molecular weight excluding hydrogens is 1800 g/mol. The number of nitrogens with two attached hydrogens (primary N) is 2. The third-order valence-electron chi connectivity index (χ3n) is 20.6. The van der Waals surface area contributed by atoms with Gasteiger partial charge in [0.1, 0.15) is 5.02 Å².